The number of anilines is 1. The summed E-state index contributed by atoms with van der Waals surface area (Å²) in [5.41, 5.74) is 1.65. The first kappa shape index (κ1) is 14.6. The number of carbonyl (C=O) groups excluding carboxylic acids is 1. The molecule has 3 nitrogen and oxygen atoms in total. The quantitative estimate of drug-likeness (QED) is 0.746. The molecule has 1 atom stereocenters. The van der Waals surface area contributed by atoms with Crippen LogP contribution in [0.5, 0.6) is 0 Å². The van der Waals surface area contributed by atoms with Gasteiger partial charge in [-0.2, -0.15) is 0 Å². The van der Waals surface area contributed by atoms with E-state index in [2.05, 4.69) is 19.2 Å². The molecule has 1 N–H and O–H groups in total. The van der Waals surface area contributed by atoms with Gasteiger partial charge in [-0.05, 0) is 44.0 Å². The van der Waals surface area contributed by atoms with E-state index in [-0.39, 0.29) is 5.97 Å². The molecule has 0 radical (unpaired) electrons. The molecule has 100 valence electrons. The minimum absolute atomic E-state index is 0.245. The molecule has 0 aliphatic carbocycles. The standard InChI is InChI=1S/C15H23NO2/c1-4-6-12(3)16-14-9-7-13(8-10-14)15(17)18-11-5-2/h7-10,12,16H,4-6,11H2,1-3H3. The Kier molecular flexibility index (Phi) is 6.26. The zero-order chi connectivity index (χ0) is 13.4. The van der Waals surface area contributed by atoms with Crippen molar-refractivity contribution < 1.29 is 9.53 Å². The smallest absolute Gasteiger partial charge is 0.338 e. The summed E-state index contributed by atoms with van der Waals surface area (Å²) in [4.78, 5) is 11.6. The Bertz CT molecular complexity index is 359. The van der Waals surface area contributed by atoms with Crippen LogP contribution in [0.1, 0.15) is 50.4 Å². The van der Waals surface area contributed by atoms with Gasteiger partial charge in [0.15, 0.2) is 0 Å². The summed E-state index contributed by atoms with van der Waals surface area (Å²) in [5, 5.41) is 3.40. The van der Waals surface area contributed by atoms with Crippen molar-refractivity contribution in [1.29, 1.82) is 0 Å². The molecule has 0 heterocycles. The van der Waals surface area contributed by atoms with Crippen molar-refractivity contribution in [3.8, 4) is 0 Å². The van der Waals surface area contributed by atoms with Gasteiger partial charge in [0.25, 0.3) is 0 Å². The number of rotatable bonds is 7. The maximum atomic E-state index is 11.6. The van der Waals surface area contributed by atoms with Crippen LogP contribution >= 0.6 is 0 Å². The maximum Gasteiger partial charge on any atom is 0.338 e. The van der Waals surface area contributed by atoms with Crippen LogP contribution in [0.3, 0.4) is 0 Å². The van der Waals surface area contributed by atoms with E-state index in [1.807, 2.05) is 19.1 Å². The molecular formula is C15H23NO2. The summed E-state index contributed by atoms with van der Waals surface area (Å²) in [6.45, 7) is 6.79. The van der Waals surface area contributed by atoms with Crippen LogP contribution in [0.4, 0.5) is 5.69 Å². The molecule has 1 rings (SSSR count). The third kappa shape index (κ3) is 4.78. The predicted molar refractivity (Wildman–Crippen MR) is 75.0 cm³/mol. The molecule has 0 amide bonds. The summed E-state index contributed by atoms with van der Waals surface area (Å²) < 4.78 is 5.08. The Morgan fingerprint density at radius 2 is 1.89 bits per heavy atom. The van der Waals surface area contributed by atoms with E-state index in [9.17, 15) is 4.79 Å². The molecule has 0 aromatic heterocycles. The van der Waals surface area contributed by atoms with Crippen molar-refractivity contribution in [3.63, 3.8) is 0 Å². The average molecular weight is 249 g/mol. The SMILES string of the molecule is CCCOC(=O)c1ccc(NC(C)CCC)cc1. The van der Waals surface area contributed by atoms with Crippen LogP contribution in [-0.2, 0) is 4.74 Å². The molecule has 0 bridgehead atoms. The lowest BCUT2D eigenvalue weighted by atomic mass is 10.1. The maximum absolute atomic E-state index is 11.6. The molecule has 0 saturated heterocycles. The second-order valence-corrected chi connectivity index (χ2v) is 4.55. The summed E-state index contributed by atoms with van der Waals surface area (Å²) in [6, 6.07) is 7.91. The van der Waals surface area contributed by atoms with Gasteiger partial charge < -0.3 is 10.1 Å². The number of benzene rings is 1. The van der Waals surface area contributed by atoms with Crippen molar-refractivity contribution >= 4 is 11.7 Å². The van der Waals surface area contributed by atoms with E-state index in [1.54, 1.807) is 12.1 Å². The lowest BCUT2D eigenvalue weighted by Crippen LogP contribution is -2.14. The first-order chi connectivity index (χ1) is 8.67. The van der Waals surface area contributed by atoms with E-state index in [0.717, 1.165) is 24.9 Å². The average Bonchev–Trinajstić information content (AvgIpc) is 2.37. The number of esters is 1. The normalized spacial score (nSPS) is 11.9. The van der Waals surface area contributed by atoms with Crippen molar-refractivity contribution in [2.24, 2.45) is 0 Å². The Hall–Kier alpha value is -1.51. The Morgan fingerprint density at radius 3 is 2.44 bits per heavy atom. The second-order valence-electron chi connectivity index (χ2n) is 4.55. The van der Waals surface area contributed by atoms with Gasteiger partial charge in [0, 0.05) is 11.7 Å². The van der Waals surface area contributed by atoms with Gasteiger partial charge in [0.1, 0.15) is 0 Å². The number of carbonyl (C=O) groups is 1. The third-order valence-electron chi connectivity index (χ3n) is 2.69. The van der Waals surface area contributed by atoms with Crippen molar-refractivity contribution in [2.45, 2.75) is 46.1 Å². The molecule has 0 saturated carbocycles. The highest BCUT2D eigenvalue weighted by Crippen LogP contribution is 2.13. The number of hydrogen-bond acceptors (Lipinski definition) is 3. The van der Waals surface area contributed by atoms with Crippen LogP contribution in [0.15, 0.2) is 24.3 Å². The molecule has 18 heavy (non-hydrogen) atoms. The zero-order valence-corrected chi connectivity index (χ0v) is 11.5. The van der Waals surface area contributed by atoms with Gasteiger partial charge in [-0.25, -0.2) is 4.79 Å². The number of nitrogens with one attached hydrogen (secondary N) is 1. The molecule has 1 unspecified atom stereocenters. The lowest BCUT2D eigenvalue weighted by Gasteiger charge is -2.14. The topological polar surface area (TPSA) is 38.3 Å². The minimum atomic E-state index is -0.245. The van der Waals surface area contributed by atoms with Gasteiger partial charge in [0.2, 0.25) is 0 Å². The largest absolute Gasteiger partial charge is 0.462 e. The van der Waals surface area contributed by atoms with Crippen LogP contribution in [0.2, 0.25) is 0 Å². The first-order valence-corrected chi connectivity index (χ1v) is 6.71. The fourth-order valence-electron chi connectivity index (χ4n) is 1.77. The van der Waals surface area contributed by atoms with Crippen molar-refractivity contribution in [3.05, 3.63) is 29.8 Å². The lowest BCUT2D eigenvalue weighted by molar-refractivity contribution is 0.0505. The number of ether oxygens (including phenoxy) is 1. The first-order valence-electron chi connectivity index (χ1n) is 6.71. The van der Waals surface area contributed by atoms with E-state index in [1.165, 1.54) is 0 Å². The van der Waals surface area contributed by atoms with Crippen molar-refractivity contribution in [2.75, 3.05) is 11.9 Å². The summed E-state index contributed by atoms with van der Waals surface area (Å²) >= 11 is 0. The van der Waals surface area contributed by atoms with Gasteiger partial charge in [-0.1, -0.05) is 20.3 Å². The van der Waals surface area contributed by atoms with E-state index in [4.69, 9.17) is 4.74 Å². The fourth-order valence-corrected chi connectivity index (χ4v) is 1.77. The van der Waals surface area contributed by atoms with Crippen molar-refractivity contribution in [1.82, 2.24) is 0 Å². The minimum Gasteiger partial charge on any atom is -0.462 e. The van der Waals surface area contributed by atoms with Crippen LogP contribution in [0, 0.1) is 0 Å². The highest BCUT2D eigenvalue weighted by atomic mass is 16.5. The highest BCUT2D eigenvalue weighted by molar-refractivity contribution is 5.89. The molecule has 1 aromatic rings. The van der Waals surface area contributed by atoms with Crippen LogP contribution in [-0.4, -0.2) is 18.6 Å². The van der Waals surface area contributed by atoms with Crippen LogP contribution < -0.4 is 5.32 Å². The van der Waals surface area contributed by atoms with Gasteiger partial charge in [0.05, 0.1) is 12.2 Å². The molecule has 0 aliphatic rings. The third-order valence-corrected chi connectivity index (χ3v) is 2.69. The van der Waals surface area contributed by atoms with Gasteiger partial charge in [-0.15, -0.1) is 0 Å². The number of hydrogen-bond donors (Lipinski definition) is 1. The molecule has 3 heteroatoms. The Labute approximate surface area is 110 Å². The second kappa shape index (κ2) is 7.75. The molecule has 0 aliphatic heterocycles. The van der Waals surface area contributed by atoms with Gasteiger partial charge >= 0.3 is 5.97 Å². The van der Waals surface area contributed by atoms with Crippen LogP contribution in [0.25, 0.3) is 0 Å². The highest BCUT2D eigenvalue weighted by Gasteiger charge is 2.06. The van der Waals surface area contributed by atoms with E-state index in [0.29, 0.717) is 18.2 Å². The summed E-state index contributed by atoms with van der Waals surface area (Å²) in [6.07, 6.45) is 3.15. The van der Waals surface area contributed by atoms with E-state index < -0.39 is 0 Å². The monoisotopic (exact) mass is 249 g/mol. The summed E-state index contributed by atoms with van der Waals surface area (Å²) in [5.74, 6) is -0.245. The van der Waals surface area contributed by atoms with E-state index >= 15 is 0 Å². The molecule has 1 aromatic carbocycles. The predicted octanol–water partition coefficient (Wildman–Crippen LogP) is 3.85. The summed E-state index contributed by atoms with van der Waals surface area (Å²) in [7, 11) is 0. The molecule has 0 spiro atoms. The Morgan fingerprint density at radius 1 is 1.22 bits per heavy atom. The molecule has 0 fully saturated rings. The Balaban J connectivity index is 2.54. The fraction of sp³-hybridized carbons (Fsp3) is 0.533. The molecular weight excluding hydrogens is 226 g/mol. The zero-order valence-electron chi connectivity index (χ0n) is 11.5. The van der Waals surface area contributed by atoms with Gasteiger partial charge in [-0.3, -0.25) is 0 Å².